The second kappa shape index (κ2) is 5.13. The van der Waals surface area contributed by atoms with E-state index in [9.17, 15) is 4.39 Å². The lowest BCUT2D eigenvalue weighted by Crippen LogP contribution is -2.47. The molecule has 0 bridgehead atoms. The van der Waals surface area contributed by atoms with Gasteiger partial charge in [-0.1, -0.05) is 18.2 Å². The Labute approximate surface area is 112 Å². The number of aryl methyl sites for hydroxylation is 1. The van der Waals surface area contributed by atoms with E-state index < -0.39 is 0 Å². The van der Waals surface area contributed by atoms with Gasteiger partial charge in [-0.15, -0.1) is 0 Å². The average Bonchev–Trinajstić information content (AvgIpc) is 2.75. The number of likely N-dealkylation sites (tertiary alicyclic amines) is 1. The lowest BCUT2D eigenvalue weighted by atomic mass is 9.99. The summed E-state index contributed by atoms with van der Waals surface area (Å²) in [6.07, 6.45) is 3.95. The summed E-state index contributed by atoms with van der Waals surface area (Å²) >= 11 is 0. The molecule has 1 aliphatic rings. The molecule has 100 valence electrons. The van der Waals surface area contributed by atoms with Gasteiger partial charge in [-0.3, -0.25) is 9.58 Å². The van der Waals surface area contributed by atoms with Crippen LogP contribution in [0.25, 0.3) is 0 Å². The Morgan fingerprint density at radius 2 is 2.11 bits per heavy atom. The first kappa shape index (κ1) is 12.4. The Kier molecular flexibility index (Phi) is 3.34. The molecule has 2 aromatic rings. The lowest BCUT2D eigenvalue weighted by Gasteiger charge is -2.39. The molecule has 2 heterocycles. The van der Waals surface area contributed by atoms with Gasteiger partial charge in [0.1, 0.15) is 5.82 Å². The number of nitrogens with zero attached hydrogens (tertiary/aromatic N) is 3. The smallest absolute Gasteiger partial charge is 0.127 e. The highest BCUT2D eigenvalue weighted by Crippen LogP contribution is 2.21. The van der Waals surface area contributed by atoms with Crippen molar-refractivity contribution in [3.8, 4) is 0 Å². The van der Waals surface area contributed by atoms with Crippen LogP contribution >= 0.6 is 0 Å². The highest BCUT2D eigenvalue weighted by atomic mass is 19.1. The first-order chi connectivity index (χ1) is 9.20. The maximum absolute atomic E-state index is 13.5. The van der Waals surface area contributed by atoms with Gasteiger partial charge >= 0.3 is 0 Å². The van der Waals surface area contributed by atoms with Crippen molar-refractivity contribution in [3.63, 3.8) is 0 Å². The molecule has 1 aromatic carbocycles. The number of benzene rings is 1. The van der Waals surface area contributed by atoms with Crippen LogP contribution in [0, 0.1) is 18.7 Å². The molecule has 1 fully saturated rings. The van der Waals surface area contributed by atoms with E-state index in [1.807, 2.05) is 23.0 Å². The van der Waals surface area contributed by atoms with E-state index in [-0.39, 0.29) is 5.82 Å². The summed E-state index contributed by atoms with van der Waals surface area (Å²) in [4.78, 5) is 2.28. The minimum Gasteiger partial charge on any atom is -0.298 e. The van der Waals surface area contributed by atoms with Crippen LogP contribution in [-0.4, -0.2) is 27.8 Å². The molecule has 3 rings (SSSR count). The molecule has 19 heavy (non-hydrogen) atoms. The van der Waals surface area contributed by atoms with Crippen molar-refractivity contribution in [3.05, 3.63) is 53.6 Å². The lowest BCUT2D eigenvalue weighted by molar-refractivity contribution is 0.0766. The summed E-state index contributed by atoms with van der Waals surface area (Å²) in [6.45, 7) is 5.76. The molecule has 4 heteroatoms. The molecule has 0 amide bonds. The maximum atomic E-state index is 13.5. The van der Waals surface area contributed by atoms with Gasteiger partial charge in [-0.05, 0) is 18.6 Å². The van der Waals surface area contributed by atoms with Crippen LogP contribution in [0.5, 0.6) is 0 Å². The second-order valence-electron chi connectivity index (χ2n) is 5.39. The molecular formula is C15H18FN3. The summed E-state index contributed by atoms with van der Waals surface area (Å²) in [5, 5.41) is 4.30. The van der Waals surface area contributed by atoms with E-state index in [0.29, 0.717) is 12.5 Å². The van der Waals surface area contributed by atoms with E-state index in [1.54, 1.807) is 6.07 Å². The van der Waals surface area contributed by atoms with Gasteiger partial charge in [-0.2, -0.15) is 5.10 Å². The largest absolute Gasteiger partial charge is 0.298 e. The molecule has 1 aliphatic heterocycles. The molecular weight excluding hydrogens is 241 g/mol. The van der Waals surface area contributed by atoms with Crippen molar-refractivity contribution in [2.75, 3.05) is 13.1 Å². The van der Waals surface area contributed by atoms with E-state index >= 15 is 0 Å². The molecule has 0 N–H and O–H groups in total. The highest BCUT2D eigenvalue weighted by molar-refractivity contribution is 5.17. The first-order valence-corrected chi connectivity index (χ1v) is 6.65. The van der Waals surface area contributed by atoms with Crippen LogP contribution in [0.2, 0.25) is 0 Å². The third-order valence-electron chi connectivity index (χ3n) is 3.59. The Balaban J connectivity index is 1.49. The van der Waals surface area contributed by atoms with E-state index in [4.69, 9.17) is 0 Å². The molecule has 0 unspecified atom stereocenters. The monoisotopic (exact) mass is 259 g/mol. The standard InChI is InChI=1S/C15H18FN3/c1-12-6-17-19(7-12)10-13-8-18(9-13)11-14-4-2-3-5-15(14)16/h2-7,13H,8-11H2,1H3. The van der Waals surface area contributed by atoms with Crippen LogP contribution in [0.15, 0.2) is 36.7 Å². The van der Waals surface area contributed by atoms with Crippen LogP contribution in [0.3, 0.4) is 0 Å². The van der Waals surface area contributed by atoms with E-state index in [2.05, 4.69) is 23.1 Å². The van der Waals surface area contributed by atoms with Gasteiger partial charge in [-0.25, -0.2) is 4.39 Å². The molecule has 3 nitrogen and oxygen atoms in total. The summed E-state index contributed by atoms with van der Waals surface area (Å²) in [5.74, 6) is 0.528. The van der Waals surface area contributed by atoms with Crippen LogP contribution in [-0.2, 0) is 13.1 Å². The molecule has 0 spiro atoms. The molecule has 1 aromatic heterocycles. The minimum absolute atomic E-state index is 0.103. The van der Waals surface area contributed by atoms with Gasteiger partial charge in [0.15, 0.2) is 0 Å². The Hall–Kier alpha value is -1.68. The minimum atomic E-state index is -0.103. The fourth-order valence-corrected chi connectivity index (χ4v) is 2.62. The molecule has 0 saturated carbocycles. The normalized spacial score (nSPS) is 16.5. The number of rotatable bonds is 4. The summed E-state index contributed by atoms with van der Waals surface area (Å²) in [6, 6.07) is 7.01. The topological polar surface area (TPSA) is 21.1 Å². The average molecular weight is 259 g/mol. The third-order valence-corrected chi connectivity index (χ3v) is 3.59. The van der Waals surface area contributed by atoms with E-state index in [1.165, 1.54) is 11.6 Å². The van der Waals surface area contributed by atoms with Gasteiger partial charge in [0.05, 0.1) is 6.20 Å². The van der Waals surface area contributed by atoms with Crippen LogP contribution in [0.1, 0.15) is 11.1 Å². The Bertz CT molecular complexity index is 558. The Morgan fingerprint density at radius 1 is 1.32 bits per heavy atom. The first-order valence-electron chi connectivity index (χ1n) is 6.65. The van der Waals surface area contributed by atoms with Crippen molar-refractivity contribution >= 4 is 0 Å². The number of aromatic nitrogens is 2. The van der Waals surface area contributed by atoms with Crippen LogP contribution in [0.4, 0.5) is 4.39 Å². The van der Waals surface area contributed by atoms with Crippen LogP contribution < -0.4 is 0 Å². The van der Waals surface area contributed by atoms with Crippen molar-refractivity contribution < 1.29 is 4.39 Å². The number of hydrogen-bond donors (Lipinski definition) is 0. The molecule has 0 aliphatic carbocycles. The third kappa shape index (κ3) is 2.84. The van der Waals surface area contributed by atoms with Gasteiger partial charge in [0.2, 0.25) is 0 Å². The zero-order chi connectivity index (χ0) is 13.2. The van der Waals surface area contributed by atoms with E-state index in [0.717, 1.165) is 25.2 Å². The SMILES string of the molecule is Cc1cnn(CC2CN(Cc3ccccc3F)C2)c1. The van der Waals surface area contributed by atoms with Crippen molar-refractivity contribution in [1.29, 1.82) is 0 Å². The Morgan fingerprint density at radius 3 is 2.79 bits per heavy atom. The van der Waals surface area contributed by atoms with Gasteiger partial charge in [0.25, 0.3) is 0 Å². The zero-order valence-electron chi connectivity index (χ0n) is 11.1. The second-order valence-corrected chi connectivity index (χ2v) is 5.39. The summed E-state index contributed by atoms with van der Waals surface area (Å²) in [7, 11) is 0. The van der Waals surface area contributed by atoms with Gasteiger partial charge < -0.3 is 0 Å². The van der Waals surface area contributed by atoms with Gasteiger partial charge in [0, 0.05) is 43.9 Å². The fraction of sp³-hybridized carbons (Fsp3) is 0.400. The summed E-state index contributed by atoms with van der Waals surface area (Å²) < 4.78 is 15.5. The maximum Gasteiger partial charge on any atom is 0.127 e. The molecule has 1 saturated heterocycles. The van der Waals surface area contributed by atoms with Crippen molar-refractivity contribution in [1.82, 2.24) is 14.7 Å². The van der Waals surface area contributed by atoms with Crippen molar-refractivity contribution in [2.45, 2.75) is 20.0 Å². The molecule has 0 radical (unpaired) electrons. The molecule has 0 atom stereocenters. The van der Waals surface area contributed by atoms with Crippen molar-refractivity contribution in [2.24, 2.45) is 5.92 Å². The number of halogens is 1. The summed E-state index contributed by atoms with van der Waals surface area (Å²) in [5.41, 5.74) is 1.98. The predicted octanol–water partition coefficient (Wildman–Crippen LogP) is 2.46. The fourth-order valence-electron chi connectivity index (χ4n) is 2.62. The zero-order valence-corrected chi connectivity index (χ0v) is 11.1. The highest BCUT2D eigenvalue weighted by Gasteiger charge is 2.27. The number of hydrogen-bond acceptors (Lipinski definition) is 2. The quantitative estimate of drug-likeness (QED) is 0.841. The predicted molar refractivity (Wildman–Crippen MR) is 72.1 cm³/mol.